The molecule has 1 heterocycles. The lowest BCUT2D eigenvalue weighted by atomic mass is 10.2. The zero-order chi connectivity index (χ0) is 18.2. The van der Waals surface area contributed by atoms with Crippen LogP contribution in [0.25, 0.3) is 10.9 Å². The molecule has 0 aliphatic rings. The van der Waals surface area contributed by atoms with Crippen molar-refractivity contribution in [3.63, 3.8) is 0 Å². The van der Waals surface area contributed by atoms with Crippen molar-refractivity contribution >= 4 is 17.2 Å². The van der Waals surface area contributed by atoms with Crippen LogP contribution < -0.4 is 4.74 Å². The van der Waals surface area contributed by atoms with Crippen LogP contribution >= 0.6 is 0 Å². The Morgan fingerprint density at radius 2 is 1.60 bits per heavy atom. The first-order valence-electron chi connectivity index (χ1n) is 6.88. The van der Waals surface area contributed by atoms with Crippen LogP contribution in [0.5, 0.6) is 11.5 Å². The number of benzene rings is 2. The number of fused-ring (bicyclic) bond motifs is 1. The van der Waals surface area contributed by atoms with Gasteiger partial charge >= 0.3 is 6.18 Å². The first-order chi connectivity index (χ1) is 11.8. The molecule has 0 fully saturated rings. The van der Waals surface area contributed by atoms with Crippen molar-refractivity contribution in [1.29, 1.82) is 0 Å². The highest BCUT2D eigenvalue weighted by atomic mass is 19.4. The van der Waals surface area contributed by atoms with E-state index in [4.69, 9.17) is 4.74 Å². The number of hydrogen-bond donors (Lipinski definition) is 0. The molecule has 0 aliphatic carbocycles. The first-order valence-corrected chi connectivity index (χ1v) is 6.88. The fraction of sp³-hybridized carbons (Fsp3) is 0.0588. The maximum Gasteiger partial charge on any atom is 0.433 e. The minimum atomic E-state index is -4.62. The van der Waals surface area contributed by atoms with Gasteiger partial charge in [-0.15, -0.1) is 0 Å². The Labute approximate surface area is 137 Å². The van der Waals surface area contributed by atoms with Gasteiger partial charge in [-0.2, -0.15) is 13.2 Å². The number of aromatic nitrogens is 1. The Hall–Kier alpha value is -3.03. The number of alkyl halides is 3. The number of aldehydes is 1. The number of halogens is 5. The second kappa shape index (κ2) is 6.12. The second-order valence-corrected chi connectivity index (χ2v) is 5.08. The van der Waals surface area contributed by atoms with Crippen molar-refractivity contribution in [1.82, 2.24) is 4.98 Å². The van der Waals surface area contributed by atoms with Gasteiger partial charge in [-0.3, -0.25) is 4.79 Å². The average molecular weight is 353 g/mol. The molecule has 3 nitrogen and oxygen atoms in total. The largest absolute Gasteiger partial charge is 0.451 e. The third-order valence-electron chi connectivity index (χ3n) is 3.33. The molecule has 8 heteroatoms. The van der Waals surface area contributed by atoms with Gasteiger partial charge in [-0.1, -0.05) is 6.07 Å². The van der Waals surface area contributed by atoms with Crippen LogP contribution in [0.4, 0.5) is 22.0 Å². The van der Waals surface area contributed by atoms with Crippen molar-refractivity contribution in [2.24, 2.45) is 0 Å². The van der Waals surface area contributed by atoms with Gasteiger partial charge < -0.3 is 4.74 Å². The number of pyridine rings is 1. The van der Waals surface area contributed by atoms with Crippen LogP contribution in [0.1, 0.15) is 16.1 Å². The van der Waals surface area contributed by atoms with Gasteiger partial charge in [0.15, 0.2) is 17.4 Å². The summed E-state index contributed by atoms with van der Waals surface area (Å²) in [6, 6.07) is 7.52. The van der Waals surface area contributed by atoms with E-state index >= 15 is 0 Å². The molecule has 0 amide bonds. The summed E-state index contributed by atoms with van der Waals surface area (Å²) in [7, 11) is 0. The van der Waals surface area contributed by atoms with Crippen LogP contribution in [-0.2, 0) is 6.18 Å². The molecule has 0 radical (unpaired) electrons. The molecule has 0 saturated heterocycles. The van der Waals surface area contributed by atoms with Gasteiger partial charge in [-0.05, 0) is 30.3 Å². The predicted octanol–water partition coefficient (Wildman–Crippen LogP) is 5.14. The monoisotopic (exact) mass is 353 g/mol. The Balaban J connectivity index is 2.01. The summed E-state index contributed by atoms with van der Waals surface area (Å²) in [6.07, 6.45) is -4.34. The summed E-state index contributed by atoms with van der Waals surface area (Å²) < 4.78 is 70.9. The van der Waals surface area contributed by atoms with Crippen LogP contribution in [0.2, 0.25) is 0 Å². The SMILES string of the molecule is O=Cc1cc(F)c(Oc2ccc3ccc(C(F)(F)F)nc3c2)c(F)c1. The fourth-order valence-corrected chi connectivity index (χ4v) is 2.18. The Bertz CT molecular complexity index is 946. The summed E-state index contributed by atoms with van der Waals surface area (Å²) >= 11 is 0. The molecular formula is C17H8F5NO2. The van der Waals surface area contributed by atoms with Crippen molar-refractivity contribution < 1.29 is 31.5 Å². The van der Waals surface area contributed by atoms with Crippen LogP contribution in [0.15, 0.2) is 42.5 Å². The molecule has 0 unspecified atom stereocenters. The number of carbonyl (C=O) groups excluding carboxylic acids is 1. The second-order valence-electron chi connectivity index (χ2n) is 5.08. The minimum absolute atomic E-state index is 0.0438. The van der Waals surface area contributed by atoms with Crippen molar-refractivity contribution in [2.45, 2.75) is 6.18 Å². The van der Waals surface area contributed by atoms with Gasteiger partial charge in [0.1, 0.15) is 17.7 Å². The third-order valence-corrected chi connectivity index (χ3v) is 3.33. The molecule has 1 aromatic heterocycles. The molecule has 2 aromatic carbocycles. The molecule has 0 spiro atoms. The molecule has 25 heavy (non-hydrogen) atoms. The molecular weight excluding hydrogens is 345 g/mol. The van der Waals surface area contributed by atoms with E-state index in [9.17, 15) is 26.7 Å². The van der Waals surface area contributed by atoms with Gasteiger partial charge in [-0.25, -0.2) is 13.8 Å². The molecule has 0 aliphatic heterocycles. The van der Waals surface area contributed by atoms with Gasteiger partial charge in [0.2, 0.25) is 0 Å². The lowest BCUT2D eigenvalue weighted by Gasteiger charge is -2.10. The van der Waals surface area contributed by atoms with E-state index in [-0.39, 0.29) is 23.1 Å². The van der Waals surface area contributed by atoms with Gasteiger partial charge in [0, 0.05) is 17.0 Å². The summed E-state index contributed by atoms with van der Waals surface area (Å²) in [4.78, 5) is 14.0. The summed E-state index contributed by atoms with van der Waals surface area (Å²) in [5.74, 6) is -3.09. The topological polar surface area (TPSA) is 39.2 Å². The number of rotatable bonds is 3. The van der Waals surface area contributed by atoms with Crippen LogP contribution in [0, 0.1) is 11.6 Å². The molecule has 128 valence electrons. The molecule has 0 saturated carbocycles. The molecule has 0 N–H and O–H groups in total. The van der Waals surface area contributed by atoms with E-state index in [2.05, 4.69) is 4.98 Å². The van der Waals surface area contributed by atoms with E-state index < -0.39 is 29.3 Å². The van der Waals surface area contributed by atoms with Crippen LogP contribution in [0.3, 0.4) is 0 Å². The summed E-state index contributed by atoms with van der Waals surface area (Å²) in [6.45, 7) is 0. The third kappa shape index (κ3) is 3.42. The van der Waals surface area contributed by atoms with E-state index in [1.54, 1.807) is 0 Å². The first kappa shape index (κ1) is 16.8. The zero-order valence-corrected chi connectivity index (χ0v) is 12.3. The normalized spacial score (nSPS) is 11.6. The number of hydrogen-bond acceptors (Lipinski definition) is 3. The molecule has 0 atom stereocenters. The highest BCUT2D eigenvalue weighted by molar-refractivity contribution is 5.80. The van der Waals surface area contributed by atoms with E-state index in [1.807, 2.05) is 0 Å². The van der Waals surface area contributed by atoms with E-state index in [0.29, 0.717) is 5.39 Å². The zero-order valence-electron chi connectivity index (χ0n) is 12.3. The lowest BCUT2D eigenvalue weighted by molar-refractivity contribution is -0.140. The minimum Gasteiger partial charge on any atom is -0.451 e. The average Bonchev–Trinajstić information content (AvgIpc) is 2.56. The predicted molar refractivity (Wildman–Crippen MR) is 78.6 cm³/mol. The highest BCUT2D eigenvalue weighted by Crippen LogP contribution is 2.32. The van der Waals surface area contributed by atoms with Crippen molar-refractivity contribution in [3.05, 3.63) is 65.4 Å². The van der Waals surface area contributed by atoms with Gasteiger partial charge in [0.25, 0.3) is 0 Å². The molecule has 3 rings (SSSR count). The standard InChI is InChI=1S/C17H8F5NO2/c18-12-5-9(8-24)6-13(19)16(12)25-11-3-1-10-2-4-15(17(20,21)22)23-14(10)7-11/h1-8H. The summed E-state index contributed by atoms with van der Waals surface area (Å²) in [5, 5.41) is 0.401. The Morgan fingerprint density at radius 1 is 0.960 bits per heavy atom. The van der Waals surface area contributed by atoms with Crippen LogP contribution in [-0.4, -0.2) is 11.3 Å². The van der Waals surface area contributed by atoms with Crippen molar-refractivity contribution in [2.75, 3.05) is 0 Å². The van der Waals surface area contributed by atoms with Crippen molar-refractivity contribution in [3.8, 4) is 11.5 Å². The maximum atomic E-state index is 13.8. The fourth-order valence-electron chi connectivity index (χ4n) is 2.18. The molecule has 0 bridgehead atoms. The van der Waals surface area contributed by atoms with E-state index in [1.165, 1.54) is 18.2 Å². The number of ether oxygens (including phenoxy) is 1. The number of nitrogens with zero attached hydrogens (tertiary/aromatic N) is 1. The lowest BCUT2D eigenvalue weighted by Crippen LogP contribution is -2.07. The maximum absolute atomic E-state index is 13.8. The smallest absolute Gasteiger partial charge is 0.433 e. The summed E-state index contributed by atoms with van der Waals surface area (Å²) in [5.41, 5.74) is -1.35. The quantitative estimate of drug-likeness (QED) is 0.484. The Kier molecular flexibility index (Phi) is 4.12. The van der Waals surface area contributed by atoms with E-state index in [0.717, 1.165) is 24.3 Å². The highest BCUT2D eigenvalue weighted by Gasteiger charge is 2.32. The molecule has 3 aromatic rings. The Morgan fingerprint density at radius 3 is 2.20 bits per heavy atom. The van der Waals surface area contributed by atoms with Gasteiger partial charge in [0.05, 0.1) is 5.52 Å². The number of carbonyl (C=O) groups is 1.